The van der Waals surface area contributed by atoms with Gasteiger partial charge in [0.1, 0.15) is 0 Å². The van der Waals surface area contributed by atoms with E-state index in [1.807, 2.05) is 37.3 Å². The first-order valence-corrected chi connectivity index (χ1v) is 5.25. The average Bonchev–Trinajstić information content (AvgIpc) is 2.67. The molecule has 0 saturated carbocycles. The number of nitrogens with two attached hydrogens (primary N) is 1. The van der Waals surface area contributed by atoms with Crippen molar-refractivity contribution in [2.45, 2.75) is 13.8 Å². The van der Waals surface area contributed by atoms with Gasteiger partial charge in [0.15, 0.2) is 17.5 Å². The van der Waals surface area contributed by atoms with E-state index in [0.717, 1.165) is 11.4 Å². The number of hydrogen-bond donors (Lipinski definition) is 2. The van der Waals surface area contributed by atoms with E-state index in [9.17, 15) is 0 Å². The Hall–Kier alpha value is -2.14. The molecule has 1 heterocycles. The Morgan fingerprint density at radius 3 is 2.53 bits per heavy atom. The highest BCUT2D eigenvalue weighted by Gasteiger charge is 2.12. The smallest absolute Gasteiger partial charge is 0.193 e. The van der Waals surface area contributed by atoms with E-state index in [0.29, 0.717) is 17.5 Å². The molecule has 1 aromatic carbocycles. The minimum atomic E-state index is 0.467. The van der Waals surface area contributed by atoms with Crippen LogP contribution in [0.4, 0.5) is 5.69 Å². The van der Waals surface area contributed by atoms with Crippen LogP contribution in [-0.2, 0) is 0 Å². The fraction of sp³-hybridized carbons (Fsp3) is 0.167. The highest BCUT2D eigenvalue weighted by molar-refractivity contribution is 5.98. The molecule has 0 atom stereocenters. The largest absolute Gasteiger partial charge is 0.437 e. The Morgan fingerprint density at radius 1 is 1.29 bits per heavy atom. The van der Waals surface area contributed by atoms with E-state index in [4.69, 9.17) is 10.3 Å². The van der Waals surface area contributed by atoms with E-state index < -0.39 is 0 Å². The zero-order chi connectivity index (χ0) is 12.3. The number of nitrogens with zero attached hydrogens (tertiary/aromatic N) is 2. The summed E-state index contributed by atoms with van der Waals surface area (Å²) in [4.78, 5) is 8.55. The summed E-state index contributed by atoms with van der Waals surface area (Å²) in [6, 6.07) is 9.52. The van der Waals surface area contributed by atoms with Crippen LogP contribution >= 0.6 is 0 Å². The molecule has 5 nitrogen and oxygen atoms in total. The Bertz CT molecular complexity index is 531. The summed E-state index contributed by atoms with van der Waals surface area (Å²) in [5.74, 6) is 7.08. The maximum Gasteiger partial charge on any atom is 0.193 e. The van der Waals surface area contributed by atoms with Gasteiger partial charge in [-0.05, 0) is 19.1 Å². The Kier molecular flexibility index (Phi) is 3.20. The van der Waals surface area contributed by atoms with Crippen LogP contribution in [0.25, 0.3) is 0 Å². The highest BCUT2D eigenvalue weighted by atomic mass is 16.4. The van der Waals surface area contributed by atoms with Crippen LogP contribution in [0.3, 0.4) is 0 Å². The number of rotatable bonds is 2. The van der Waals surface area contributed by atoms with Gasteiger partial charge in [-0.3, -0.25) is 0 Å². The molecule has 17 heavy (non-hydrogen) atoms. The van der Waals surface area contributed by atoms with Crippen LogP contribution < -0.4 is 11.3 Å². The molecule has 0 fully saturated rings. The Morgan fingerprint density at radius 2 is 2.00 bits per heavy atom. The lowest BCUT2D eigenvalue weighted by molar-refractivity contribution is 0.510. The van der Waals surface area contributed by atoms with Crippen molar-refractivity contribution in [1.82, 2.24) is 10.4 Å². The van der Waals surface area contributed by atoms with Crippen LogP contribution in [0.1, 0.15) is 17.3 Å². The highest BCUT2D eigenvalue weighted by Crippen LogP contribution is 2.15. The van der Waals surface area contributed by atoms with E-state index in [1.54, 1.807) is 6.92 Å². The van der Waals surface area contributed by atoms with Crippen molar-refractivity contribution in [3.8, 4) is 0 Å². The van der Waals surface area contributed by atoms with E-state index in [1.165, 1.54) is 0 Å². The van der Waals surface area contributed by atoms with Gasteiger partial charge in [0, 0.05) is 6.92 Å². The van der Waals surface area contributed by atoms with Gasteiger partial charge in [0.05, 0.1) is 11.4 Å². The molecule has 0 saturated heterocycles. The zero-order valence-electron chi connectivity index (χ0n) is 9.77. The first-order chi connectivity index (χ1) is 8.20. The van der Waals surface area contributed by atoms with Crippen molar-refractivity contribution in [2.24, 2.45) is 10.8 Å². The first kappa shape index (κ1) is 11.3. The number of para-hydroxylation sites is 1. The van der Waals surface area contributed by atoms with Gasteiger partial charge >= 0.3 is 0 Å². The SMILES string of the molecule is Cc1nc(C)c(C(=Nc2ccccc2)NN)o1. The molecule has 0 aliphatic heterocycles. The number of aryl methyl sites for hydroxylation is 2. The molecule has 2 rings (SSSR count). The van der Waals surface area contributed by atoms with E-state index >= 15 is 0 Å². The molecular weight excluding hydrogens is 216 g/mol. The van der Waals surface area contributed by atoms with Crippen LogP contribution in [0.15, 0.2) is 39.7 Å². The molecule has 0 spiro atoms. The summed E-state index contributed by atoms with van der Waals surface area (Å²) < 4.78 is 5.46. The van der Waals surface area contributed by atoms with Crippen LogP contribution in [0.2, 0.25) is 0 Å². The molecule has 88 valence electrons. The first-order valence-electron chi connectivity index (χ1n) is 5.25. The molecule has 0 unspecified atom stereocenters. The second kappa shape index (κ2) is 4.80. The number of oxazole rings is 1. The molecule has 1 aromatic heterocycles. The van der Waals surface area contributed by atoms with Crippen LogP contribution in [0, 0.1) is 13.8 Å². The number of hydrogen-bond acceptors (Lipinski definition) is 4. The van der Waals surface area contributed by atoms with Gasteiger partial charge in [-0.25, -0.2) is 15.8 Å². The summed E-state index contributed by atoms with van der Waals surface area (Å²) in [5, 5.41) is 0. The predicted octanol–water partition coefficient (Wildman–Crippen LogP) is 1.83. The van der Waals surface area contributed by atoms with Crippen LogP contribution in [0.5, 0.6) is 0 Å². The minimum Gasteiger partial charge on any atom is -0.437 e. The van der Waals surface area contributed by atoms with Crippen molar-refractivity contribution >= 4 is 11.5 Å². The molecule has 3 N–H and O–H groups in total. The third-order valence-corrected chi connectivity index (χ3v) is 2.25. The Labute approximate surface area is 99.4 Å². The van der Waals surface area contributed by atoms with Gasteiger partial charge in [0.2, 0.25) is 0 Å². The molecule has 0 radical (unpaired) electrons. The summed E-state index contributed by atoms with van der Waals surface area (Å²) in [7, 11) is 0. The molecule has 0 aliphatic rings. The number of hydrazine groups is 1. The molecule has 5 heteroatoms. The number of benzene rings is 1. The van der Waals surface area contributed by atoms with E-state index in [2.05, 4.69) is 15.4 Å². The molecular formula is C12H14N4O. The van der Waals surface area contributed by atoms with Crippen molar-refractivity contribution in [3.63, 3.8) is 0 Å². The maximum atomic E-state index is 5.46. The quantitative estimate of drug-likeness (QED) is 0.357. The van der Waals surface area contributed by atoms with Crippen molar-refractivity contribution in [3.05, 3.63) is 47.7 Å². The predicted molar refractivity (Wildman–Crippen MR) is 65.9 cm³/mol. The molecule has 0 aliphatic carbocycles. The van der Waals surface area contributed by atoms with E-state index in [-0.39, 0.29) is 0 Å². The standard InChI is InChI=1S/C12H14N4O/c1-8-11(17-9(2)14-8)12(16-13)15-10-6-4-3-5-7-10/h3-7H,13H2,1-2H3,(H,15,16). The van der Waals surface area contributed by atoms with Gasteiger partial charge < -0.3 is 9.84 Å². The fourth-order valence-electron chi connectivity index (χ4n) is 1.53. The number of aromatic nitrogens is 1. The van der Waals surface area contributed by atoms with Crippen molar-refractivity contribution in [1.29, 1.82) is 0 Å². The third kappa shape index (κ3) is 2.51. The summed E-state index contributed by atoms with van der Waals surface area (Å²) in [6.45, 7) is 3.64. The van der Waals surface area contributed by atoms with Crippen LogP contribution in [-0.4, -0.2) is 10.8 Å². The average molecular weight is 230 g/mol. The fourth-order valence-corrected chi connectivity index (χ4v) is 1.53. The lowest BCUT2D eigenvalue weighted by atomic mass is 10.3. The topological polar surface area (TPSA) is 76.4 Å². The lowest BCUT2D eigenvalue weighted by Gasteiger charge is -2.02. The van der Waals surface area contributed by atoms with Crippen molar-refractivity contribution in [2.75, 3.05) is 0 Å². The monoisotopic (exact) mass is 230 g/mol. The summed E-state index contributed by atoms with van der Waals surface area (Å²) in [6.07, 6.45) is 0. The lowest BCUT2D eigenvalue weighted by Crippen LogP contribution is -2.31. The van der Waals surface area contributed by atoms with Crippen molar-refractivity contribution < 1.29 is 4.42 Å². The molecule has 0 bridgehead atoms. The third-order valence-electron chi connectivity index (χ3n) is 2.25. The van der Waals surface area contributed by atoms with Gasteiger partial charge in [-0.1, -0.05) is 18.2 Å². The number of aliphatic imine (C=N–C) groups is 1. The number of amidine groups is 1. The number of nitrogens with one attached hydrogen (secondary N) is 1. The van der Waals surface area contributed by atoms with Gasteiger partial charge in [-0.15, -0.1) is 0 Å². The molecule has 0 amide bonds. The minimum absolute atomic E-state index is 0.467. The maximum absolute atomic E-state index is 5.46. The summed E-state index contributed by atoms with van der Waals surface area (Å²) >= 11 is 0. The van der Waals surface area contributed by atoms with Gasteiger partial charge in [0.25, 0.3) is 0 Å². The second-order valence-corrected chi connectivity index (χ2v) is 3.59. The second-order valence-electron chi connectivity index (χ2n) is 3.59. The summed E-state index contributed by atoms with van der Waals surface area (Å²) in [5.41, 5.74) is 4.10. The molecule has 2 aromatic rings. The Balaban J connectivity index is 2.40. The normalized spacial score (nSPS) is 11.6. The zero-order valence-corrected chi connectivity index (χ0v) is 9.77. The van der Waals surface area contributed by atoms with Gasteiger partial charge in [-0.2, -0.15) is 0 Å².